The van der Waals surface area contributed by atoms with E-state index >= 15 is 0 Å². The number of nitrogens with zero attached hydrogens (tertiary/aromatic N) is 1. The zero-order valence-electron chi connectivity index (χ0n) is 26.8. The Morgan fingerprint density at radius 3 is 1.70 bits per heavy atom. The number of carbonyl (C=O) groups excluding carboxylic acids is 1. The van der Waals surface area contributed by atoms with Crippen LogP contribution in [0.25, 0.3) is 0 Å². The van der Waals surface area contributed by atoms with Gasteiger partial charge in [-0.25, -0.2) is 0 Å². The van der Waals surface area contributed by atoms with Crippen LogP contribution in [0.3, 0.4) is 0 Å². The van der Waals surface area contributed by atoms with Crippen molar-refractivity contribution in [3.8, 4) is 0 Å². The number of nitrogens with one attached hydrogen (secondary N) is 1. The molecule has 0 aliphatic rings. The summed E-state index contributed by atoms with van der Waals surface area (Å²) in [6, 6.07) is -0.787. The minimum absolute atomic E-state index is 0.0145. The fourth-order valence-electron chi connectivity index (χ4n) is 4.62. The van der Waals surface area contributed by atoms with Gasteiger partial charge in [0.2, 0.25) is 5.91 Å². The Bertz CT molecular complexity index is 644. The maximum atomic E-state index is 12.6. The van der Waals surface area contributed by atoms with E-state index in [1.54, 1.807) is 0 Å². The van der Waals surface area contributed by atoms with Crippen molar-refractivity contribution in [3.05, 3.63) is 0 Å². The minimum atomic E-state index is -4.53. The number of amides is 1. The molecule has 0 rings (SSSR count). The lowest BCUT2D eigenvalue weighted by Gasteiger charge is -2.30. The third kappa shape index (κ3) is 26.4. The number of unbranched alkanes of at least 4 members (excludes halogenated alkanes) is 16. The van der Waals surface area contributed by atoms with Gasteiger partial charge in [-0.1, -0.05) is 123 Å². The molecule has 0 saturated carbocycles. The first kappa shape index (κ1) is 39.5. The van der Waals surface area contributed by atoms with E-state index < -0.39 is 20.0 Å². The van der Waals surface area contributed by atoms with Crippen LogP contribution in [0, 0.1) is 0 Å². The van der Waals surface area contributed by atoms with Gasteiger partial charge in [-0.05, 0) is 12.8 Å². The second kappa shape index (κ2) is 25.0. The molecule has 0 spiro atoms. The molecule has 0 bridgehead atoms. The zero-order valence-corrected chi connectivity index (χ0v) is 27.7. The molecule has 9 heteroatoms. The Kier molecular flexibility index (Phi) is 24.7. The molecule has 40 heavy (non-hydrogen) atoms. The van der Waals surface area contributed by atoms with Crippen LogP contribution in [-0.2, 0) is 18.4 Å². The van der Waals surface area contributed by atoms with Crippen molar-refractivity contribution < 1.29 is 32.9 Å². The lowest BCUT2D eigenvalue weighted by Crippen LogP contribution is -2.46. The Morgan fingerprint density at radius 2 is 1.23 bits per heavy atom. The number of rotatable bonds is 29. The lowest BCUT2D eigenvalue weighted by atomic mass is 10.0. The van der Waals surface area contributed by atoms with E-state index in [0.717, 1.165) is 38.5 Å². The standard InChI is InChI=1S/C31H65N2O6P/c1-6-8-10-12-14-15-16-17-18-19-21-23-25-31(35)32-29(30(34)24-22-20-13-11-9-7-2)28-39-40(36,37)38-27-26-33(3,4)5/h29-30,34H,6-28H2,1-5H3,(H-,32,35,36,37). The predicted octanol–water partition coefficient (Wildman–Crippen LogP) is 6.88. The van der Waals surface area contributed by atoms with Crippen molar-refractivity contribution in [3.63, 3.8) is 0 Å². The van der Waals surface area contributed by atoms with Gasteiger partial charge in [0.15, 0.2) is 0 Å². The van der Waals surface area contributed by atoms with E-state index in [9.17, 15) is 19.4 Å². The highest BCUT2D eigenvalue weighted by Crippen LogP contribution is 2.38. The van der Waals surface area contributed by atoms with Crippen molar-refractivity contribution in [2.45, 2.75) is 154 Å². The molecule has 0 saturated heterocycles. The molecule has 0 radical (unpaired) electrons. The van der Waals surface area contributed by atoms with Crippen molar-refractivity contribution >= 4 is 13.7 Å². The van der Waals surface area contributed by atoms with Gasteiger partial charge < -0.3 is 28.8 Å². The lowest BCUT2D eigenvalue weighted by molar-refractivity contribution is -0.870. The number of hydrogen-bond donors (Lipinski definition) is 2. The average Bonchev–Trinajstić information content (AvgIpc) is 2.88. The molecular weight excluding hydrogens is 527 g/mol. The van der Waals surface area contributed by atoms with Crippen molar-refractivity contribution in [1.82, 2.24) is 5.32 Å². The summed E-state index contributed by atoms with van der Waals surface area (Å²) in [5.74, 6) is -0.172. The summed E-state index contributed by atoms with van der Waals surface area (Å²) >= 11 is 0. The first-order valence-corrected chi connectivity index (χ1v) is 17.8. The Labute approximate surface area is 247 Å². The van der Waals surface area contributed by atoms with Gasteiger partial charge in [0.05, 0.1) is 39.9 Å². The average molecular weight is 593 g/mol. The van der Waals surface area contributed by atoms with Crippen LogP contribution in [-0.4, -0.2) is 68.5 Å². The number of hydrogen-bond acceptors (Lipinski definition) is 6. The van der Waals surface area contributed by atoms with Crippen LogP contribution in [0.5, 0.6) is 0 Å². The number of aliphatic hydroxyl groups is 1. The molecule has 1 amide bonds. The molecule has 0 fully saturated rings. The van der Waals surface area contributed by atoms with Gasteiger partial charge in [-0.3, -0.25) is 9.36 Å². The molecule has 240 valence electrons. The summed E-state index contributed by atoms with van der Waals surface area (Å²) in [6.45, 7) is 4.62. The van der Waals surface area contributed by atoms with Gasteiger partial charge in [0.25, 0.3) is 7.82 Å². The fourth-order valence-corrected chi connectivity index (χ4v) is 5.35. The van der Waals surface area contributed by atoms with E-state index in [1.165, 1.54) is 77.0 Å². The fraction of sp³-hybridized carbons (Fsp3) is 0.968. The molecular formula is C31H65N2O6P. The SMILES string of the molecule is CCCCCCCCCCCCCCC(=O)NC(COP(=O)([O-])OCC[N+](C)(C)C)C(O)CCCCCCCC. The molecule has 0 aliphatic heterocycles. The number of phosphoric ester groups is 1. The zero-order chi connectivity index (χ0) is 30.1. The van der Waals surface area contributed by atoms with Crippen LogP contribution in [0.1, 0.15) is 142 Å². The molecule has 2 N–H and O–H groups in total. The molecule has 3 atom stereocenters. The first-order chi connectivity index (χ1) is 19.0. The van der Waals surface area contributed by atoms with Crippen LogP contribution in [0.4, 0.5) is 0 Å². The van der Waals surface area contributed by atoms with E-state index in [-0.39, 0.29) is 19.1 Å². The van der Waals surface area contributed by atoms with E-state index in [2.05, 4.69) is 19.2 Å². The number of likely N-dealkylation sites (N-methyl/N-ethyl adjacent to an activating group) is 1. The van der Waals surface area contributed by atoms with Crippen LogP contribution in [0.2, 0.25) is 0 Å². The summed E-state index contributed by atoms with van der Waals surface area (Å²) < 4.78 is 22.9. The quantitative estimate of drug-likeness (QED) is 0.0557. The number of quaternary nitrogens is 1. The maximum absolute atomic E-state index is 12.6. The predicted molar refractivity (Wildman–Crippen MR) is 164 cm³/mol. The molecule has 3 unspecified atom stereocenters. The Balaban J connectivity index is 4.45. The summed E-state index contributed by atoms with van der Waals surface area (Å²) in [6.07, 6.45) is 21.2. The second-order valence-electron chi connectivity index (χ2n) is 12.5. The topological polar surface area (TPSA) is 108 Å². The molecule has 0 aromatic rings. The van der Waals surface area contributed by atoms with Crippen molar-refractivity contribution in [1.29, 1.82) is 0 Å². The van der Waals surface area contributed by atoms with Gasteiger partial charge in [-0.15, -0.1) is 0 Å². The molecule has 8 nitrogen and oxygen atoms in total. The summed E-state index contributed by atoms with van der Waals surface area (Å²) in [4.78, 5) is 24.9. The van der Waals surface area contributed by atoms with Crippen molar-refractivity contribution in [2.24, 2.45) is 0 Å². The highest BCUT2D eigenvalue weighted by atomic mass is 31.2. The van der Waals surface area contributed by atoms with Gasteiger partial charge in [-0.2, -0.15) is 0 Å². The first-order valence-electron chi connectivity index (χ1n) is 16.4. The third-order valence-electron chi connectivity index (χ3n) is 7.35. The third-order valence-corrected chi connectivity index (χ3v) is 8.31. The monoisotopic (exact) mass is 592 g/mol. The van der Waals surface area contributed by atoms with Gasteiger partial charge >= 0.3 is 0 Å². The summed E-state index contributed by atoms with van der Waals surface area (Å²) in [5, 5.41) is 13.6. The Morgan fingerprint density at radius 1 is 0.775 bits per heavy atom. The molecule has 0 heterocycles. The number of phosphoric acid groups is 1. The van der Waals surface area contributed by atoms with Crippen molar-refractivity contribution in [2.75, 3.05) is 40.9 Å². The molecule has 0 aromatic heterocycles. The van der Waals surface area contributed by atoms with Crippen LogP contribution >= 0.6 is 7.82 Å². The second-order valence-corrected chi connectivity index (χ2v) is 13.9. The maximum Gasteiger partial charge on any atom is 0.268 e. The summed E-state index contributed by atoms with van der Waals surface area (Å²) in [7, 11) is 1.30. The highest BCUT2D eigenvalue weighted by Gasteiger charge is 2.24. The van der Waals surface area contributed by atoms with Crippen LogP contribution in [0.15, 0.2) is 0 Å². The van der Waals surface area contributed by atoms with E-state index in [4.69, 9.17) is 9.05 Å². The summed E-state index contributed by atoms with van der Waals surface area (Å²) in [5.41, 5.74) is 0. The molecule has 0 aliphatic carbocycles. The number of aliphatic hydroxyl groups excluding tert-OH is 1. The highest BCUT2D eigenvalue weighted by molar-refractivity contribution is 7.45. The van der Waals surface area contributed by atoms with E-state index in [1.807, 2.05) is 21.1 Å². The molecule has 0 aromatic carbocycles. The van der Waals surface area contributed by atoms with Gasteiger partial charge in [0.1, 0.15) is 13.2 Å². The number of carbonyl (C=O) groups is 1. The Hall–Kier alpha value is -0.500. The minimum Gasteiger partial charge on any atom is -0.756 e. The largest absolute Gasteiger partial charge is 0.756 e. The van der Waals surface area contributed by atoms with Crippen LogP contribution < -0.4 is 10.2 Å². The normalized spacial score (nSPS) is 15.1. The van der Waals surface area contributed by atoms with Gasteiger partial charge in [0, 0.05) is 6.42 Å². The van der Waals surface area contributed by atoms with E-state index in [0.29, 0.717) is 23.9 Å². The smallest absolute Gasteiger partial charge is 0.268 e.